The van der Waals surface area contributed by atoms with E-state index in [9.17, 15) is 38.7 Å². The van der Waals surface area contributed by atoms with Gasteiger partial charge < -0.3 is 42.0 Å². The molecule has 4 amide bonds. The number of unbranched alkanes of at least 4 members (excludes halogenated alkanes) is 13. The molecular formula is C41H67N5O9. The zero-order chi connectivity index (χ0) is 40.7. The van der Waals surface area contributed by atoms with Crippen molar-refractivity contribution >= 4 is 41.9 Å². The van der Waals surface area contributed by atoms with Gasteiger partial charge in [-0.2, -0.15) is 0 Å². The van der Waals surface area contributed by atoms with Crippen LogP contribution in [0.1, 0.15) is 147 Å². The van der Waals surface area contributed by atoms with Crippen molar-refractivity contribution in [2.75, 3.05) is 6.54 Å². The molecule has 0 aromatic heterocycles. The average molecular weight is 774 g/mol. The van der Waals surface area contributed by atoms with Gasteiger partial charge in [0.25, 0.3) is 0 Å². The molecule has 1 aromatic carbocycles. The first-order valence-corrected chi connectivity index (χ1v) is 20.3. The molecule has 0 aliphatic rings. The molecule has 0 bridgehead atoms. The summed E-state index contributed by atoms with van der Waals surface area (Å²) in [6.07, 6.45) is 16.9. The highest BCUT2D eigenvalue weighted by atomic mass is 16.4. The molecule has 14 heteroatoms. The van der Waals surface area contributed by atoms with E-state index in [2.05, 4.69) is 28.2 Å². The molecule has 0 aliphatic carbocycles. The van der Waals surface area contributed by atoms with Gasteiger partial charge in [0.05, 0.1) is 12.1 Å². The fraction of sp³-hybridized carbons (Fsp3) is 0.683. The van der Waals surface area contributed by atoms with Crippen LogP contribution in [0.5, 0.6) is 0 Å². The van der Waals surface area contributed by atoms with Crippen LogP contribution in [0, 0.1) is 0 Å². The average Bonchev–Trinajstić information content (AvgIpc) is 3.16. The second-order valence-corrected chi connectivity index (χ2v) is 14.4. The number of carboxylic acids is 2. The van der Waals surface area contributed by atoms with E-state index in [1.54, 1.807) is 24.3 Å². The molecule has 310 valence electrons. The third-order valence-electron chi connectivity index (χ3n) is 9.47. The number of aldehydes is 1. The van der Waals surface area contributed by atoms with Crippen LogP contribution in [-0.4, -0.2) is 82.8 Å². The molecule has 1 aromatic rings. The monoisotopic (exact) mass is 773 g/mol. The van der Waals surface area contributed by atoms with Crippen molar-refractivity contribution in [3.05, 3.63) is 35.9 Å². The van der Waals surface area contributed by atoms with Crippen LogP contribution in [-0.2, 0) is 40.0 Å². The largest absolute Gasteiger partial charge is 0.481 e. The van der Waals surface area contributed by atoms with Crippen molar-refractivity contribution in [3.8, 4) is 0 Å². The van der Waals surface area contributed by atoms with Gasteiger partial charge in [0.1, 0.15) is 18.4 Å². The normalized spacial score (nSPS) is 13.1. The summed E-state index contributed by atoms with van der Waals surface area (Å²) in [5, 5.41) is 29.0. The summed E-state index contributed by atoms with van der Waals surface area (Å²) in [6.45, 7) is 2.49. The van der Waals surface area contributed by atoms with Crippen LogP contribution >= 0.6 is 0 Å². The maximum Gasteiger partial charge on any atom is 0.326 e. The molecule has 1 rings (SSSR count). The van der Waals surface area contributed by atoms with Gasteiger partial charge in [-0.05, 0) is 50.5 Å². The van der Waals surface area contributed by atoms with Crippen molar-refractivity contribution in [3.63, 3.8) is 0 Å². The maximum absolute atomic E-state index is 12.9. The quantitative estimate of drug-likeness (QED) is 0.0377. The molecule has 8 N–H and O–H groups in total. The summed E-state index contributed by atoms with van der Waals surface area (Å²) in [6, 6.07) is 4.75. The fourth-order valence-corrected chi connectivity index (χ4v) is 6.14. The van der Waals surface area contributed by atoms with E-state index in [1.807, 2.05) is 6.07 Å². The predicted octanol–water partition coefficient (Wildman–Crippen LogP) is 4.71. The molecule has 0 unspecified atom stereocenters. The van der Waals surface area contributed by atoms with E-state index < -0.39 is 54.3 Å². The second-order valence-electron chi connectivity index (χ2n) is 14.4. The molecule has 0 spiro atoms. The molecule has 14 nitrogen and oxygen atoms in total. The molecular weight excluding hydrogens is 706 g/mol. The van der Waals surface area contributed by atoms with Gasteiger partial charge in [0, 0.05) is 25.8 Å². The van der Waals surface area contributed by atoms with Crippen LogP contribution in [0.4, 0.5) is 0 Å². The van der Waals surface area contributed by atoms with Gasteiger partial charge in [-0.3, -0.25) is 24.0 Å². The maximum atomic E-state index is 12.9. The summed E-state index contributed by atoms with van der Waals surface area (Å²) < 4.78 is 0. The Morgan fingerprint density at radius 2 is 1.22 bits per heavy atom. The standard InChI is InChI=1S/C41H67N5O9/c1-2-3-4-5-6-7-8-9-10-11-12-13-17-23-37(49)45-35(41(54)55)24-26-36(48)43-28-19-18-22-33(42)39(52)46-34(25-27-38(50)51)40(53)44-32(30-47)29-31-20-15-14-16-21-31/h14-16,20-21,30,32-35H,2-13,17-19,22-29,42H2,1H3,(H,43,48)(H,44,53)(H,45,49)(H,46,52)(H,50,51)(H,54,55)/t32-,33-,34-,35-/m0/s1. The Bertz CT molecular complexity index is 1280. The lowest BCUT2D eigenvalue weighted by Crippen LogP contribution is -2.53. The number of hydrogen-bond donors (Lipinski definition) is 7. The number of nitrogens with two attached hydrogens (primary N) is 1. The van der Waals surface area contributed by atoms with Crippen LogP contribution in [0.15, 0.2) is 30.3 Å². The summed E-state index contributed by atoms with van der Waals surface area (Å²) in [5.41, 5.74) is 6.85. The first-order chi connectivity index (χ1) is 26.5. The van der Waals surface area contributed by atoms with Gasteiger partial charge in [-0.1, -0.05) is 114 Å². The minimum absolute atomic E-state index is 0.0486. The van der Waals surface area contributed by atoms with Gasteiger partial charge in [0.2, 0.25) is 23.6 Å². The van der Waals surface area contributed by atoms with E-state index >= 15 is 0 Å². The minimum Gasteiger partial charge on any atom is -0.481 e. The Balaban J connectivity index is 2.30. The number of hydrogen-bond acceptors (Lipinski definition) is 8. The highest BCUT2D eigenvalue weighted by molar-refractivity contribution is 5.91. The molecule has 4 atom stereocenters. The molecule has 0 saturated carbocycles. The van der Waals surface area contributed by atoms with Crippen LogP contribution < -0.4 is 27.0 Å². The second kappa shape index (κ2) is 30.9. The number of carboxylic acid groups (broad SMARTS) is 2. The number of amides is 4. The van der Waals surface area contributed by atoms with Crippen molar-refractivity contribution < 1.29 is 43.8 Å². The van der Waals surface area contributed by atoms with E-state index in [0.29, 0.717) is 25.5 Å². The van der Waals surface area contributed by atoms with Crippen LogP contribution in [0.2, 0.25) is 0 Å². The molecule has 0 aliphatic heterocycles. The van der Waals surface area contributed by atoms with E-state index in [4.69, 9.17) is 10.8 Å². The summed E-state index contributed by atoms with van der Waals surface area (Å²) in [7, 11) is 0. The lowest BCUT2D eigenvalue weighted by molar-refractivity contribution is -0.142. The Morgan fingerprint density at radius 3 is 1.78 bits per heavy atom. The van der Waals surface area contributed by atoms with E-state index in [-0.39, 0.29) is 56.9 Å². The molecule has 0 radical (unpaired) electrons. The van der Waals surface area contributed by atoms with Crippen LogP contribution in [0.3, 0.4) is 0 Å². The number of rotatable bonds is 34. The Morgan fingerprint density at radius 1 is 0.636 bits per heavy atom. The van der Waals surface area contributed by atoms with Gasteiger partial charge in [0.15, 0.2) is 0 Å². The first kappa shape index (κ1) is 48.7. The van der Waals surface area contributed by atoms with Crippen molar-refractivity contribution in [1.29, 1.82) is 0 Å². The summed E-state index contributed by atoms with van der Waals surface area (Å²) >= 11 is 0. The zero-order valence-corrected chi connectivity index (χ0v) is 32.9. The Labute approximate surface area is 326 Å². The predicted molar refractivity (Wildman–Crippen MR) is 211 cm³/mol. The Kier molecular flexibility index (Phi) is 27.4. The van der Waals surface area contributed by atoms with Gasteiger partial charge in [-0.15, -0.1) is 0 Å². The van der Waals surface area contributed by atoms with Crippen molar-refractivity contribution in [1.82, 2.24) is 21.3 Å². The third kappa shape index (κ3) is 25.4. The molecule has 0 heterocycles. The van der Waals surface area contributed by atoms with Gasteiger partial charge in [-0.25, -0.2) is 4.79 Å². The van der Waals surface area contributed by atoms with E-state index in [1.165, 1.54) is 57.8 Å². The smallest absolute Gasteiger partial charge is 0.326 e. The zero-order valence-electron chi connectivity index (χ0n) is 32.9. The molecule has 0 fully saturated rings. The van der Waals surface area contributed by atoms with Crippen molar-refractivity contribution in [2.24, 2.45) is 5.73 Å². The topological polar surface area (TPSA) is 234 Å². The van der Waals surface area contributed by atoms with Crippen molar-refractivity contribution in [2.45, 2.75) is 172 Å². The highest BCUT2D eigenvalue weighted by Crippen LogP contribution is 2.13. The number of nitrogens with one attached hydrogen (secondary N) is 4. The lowest BCUT2D eigenvalue weighted by Gasteiger charge is -2.22. The number of aliphatic carboxylic acids is 2. The van der Waals surface area contributed by atoms with Crippen LogP contribution in [0.25, 0.3) is 0 Å². The first-order valence-electron chi connectivity index (χ1n) is 20.3. The summed E-state index contributed by atoms with van der Waals surface area (Å²) in [4.78, 5) is 84.9. The van der Waals surface area contributed by atoms with E-state index in [0.717, 1.165) is 24.8 Å². The number of carbonyl (C=O) groups excluding carboxylic acids is 5. The SMILES string of the molecule is CCCCCCCCCCCCCCCC(=O)N[C@@H](CCC(=O)NCCCC[C@H](N)C(=O)N[C@@H](CCC(=O)O)C(=O)N[C@H](C=O)Cc1ccccc1)C(=O)O. The minimum atomic E-state index is -1.22. The molecule has 0 saturated heterocycles. The third-order valence-corrected chi connectivity index (χ3v) is 9.47. The lowest BCUT2D eigenvalue weighted by atomic mass is 10.0. The van der Waals surface area contributed by atoms with Gasteiger partial charge >= 0.3 is 11.9 Å². The number of benzene rings is 1. The fourth-order valence-electron chi connectivity index (χ4n) is 6.14. The Hall–Kier alpha value is -4.33. The highest BCUT2D eigenvalue weighted by Gasteiger charge is 2.26. The molecule has 55 heavy (non-hydrogen) atoms. The summed E-state index contributed by atoms with van der Waals surface area (Å²) in [5.74, 6) is -4.41. The number of carbonyl (C=O) groups is 7.